The lowest BCUT2D eigenvalue weighted by Gasteiger charge is -2.15. The van der Waals surface area contributed by atoms with Gasteiger partial charge in [0.2, 0.25) is 0 Å². The standard InChI is InChI=1S/C20H22N2O5/c1-13-9-10-17(14(2)11-13)26-12-18(23)27-15(3)19(24)21-22-20(25)16-7-5-4-6-8-16/h4-11,15H,12H2,1-3H3,(H,21,24)(H,22,25)/t15-/m1/s1. The molecule has 2 N–H and O–H groups in total. The lowest BCUT2D eigenvalue weighted by molar-refractivity contribution is -0.156. The average molecular weight is 370 g/mol. The van der Waals surface area contributed by atoms with Gasteiger partial charge in [-0.1, -0.05) is 35.9 Å². The summed E-state index contributed by atoms with van der Waals surface area (Å²) in [6, 6.07) is 14.0. The maximum Gasteiger partial charge on any atom is 0.344 e. The molecule has 0 aliphatic carbocycles. The fraction of sp³-hybridized carbons (Fsp3) is 0.250. The van der Waals surface area contributed by atoms with Crippen LogP contribution >= 0.6 is 0 Å². The molecule has 2 aromatic carbocycles. The molecule has 0 aliphatic rings. The molecule has 0 saturated heterocycles. The Balaban J connectivity index is 1.76. The van der Waals surface area contributed by atoms with Crippen LogP contribution in [0.25, 0.3) is 0 Å². The predicted molar refractivity (Wildman–Crippen MR) is 99.0 cm³/mol. The van der Waals surface area contributed by atoms with E-state index >= 15 is 0 Å². The summed E-state index contributed by atoms with van der Waals surface area (Å²) >= 11 is 0. The van der Waals surface area contributed by atoms with E-state index in [-0.39, 0.29) is 6.61 Å². The van der Waals surface area contributed by atoms with Crippen LogP contribution in [0.15, 0.2) is 48.5 Å². The van der Waals surface area contributed by atoms with Crippen LogP contribution in [0, 0.1) is 13.8 Å². The summed E-state index contributed by atoms with van der Waals surface area (Å²) < 4.78 is 10.4. The van der Waals surface area contributed by atoms with Crippen LogP contribution in [-0.4, -0.2) is 30.5 Å². The van der Waals surface area contributed by atoms with Gasteiger partial charge in [0.25, 0.3) is 11.8 Å². The molecule has 2 rings (SSSR count). The Labute approximate surface area is 157 Å². The van der Waals surface area contributed by atoms with Crippen LogP contribution in [-0.2, 0) is 14.3 Å². The Bertz CT molecular complexity index is 820. The van der Waals surface area contributed by atoms with Crippen molar-refractivity contribution in [2.75, 3.05) is 6.61 Å². The molecular formula is C20H22N2O5. The zero-order chi connectivity index (χ0) is 19.8. The molecule has 0 spiro atoms. The summed E-state index contributed by atoms with van der Waals surface area (Å²) in [5, 5.41) is 0. The van der Waals surface area contributed by atoms with Gasteiger partial charge >= 0.3 is 5.97 Å². The van der Waals surface area contributed by atoms with Gasteiger partial charge in [0, 0.05) is 5.56 Å². The topological polar surface area (TPSA) is 93.7 Å². The number of hydrazine groups is 1. The second-order valence-corrected chi connectivity index (χ2v) is 6.00. The molecule has 0 unspecified atom stereocenters. The minimum atomic E-state index is -1.09. The Hall–Kier alpha value is -3.35. The van der Waals surface area contributed by atoms with Gasteiger partial charge in [-0.3, -0.25) is 20.4 Å². The first kappa shape index (κ1) is 20.0. The number of nitrogens with one attached hydrogen (secondary N) is 2. The van der Waals surface area contributed by atoms with Gasteiger partial charge in [-0.05, 0) is 44.5 Å². The third-order valence-electron chi connectivity index (χ3n) is 3.69. The molecule has 0 aliphatic heterocycles. The normalized spacial score (nSPS) is 11.2. The van der Waals surface area contributed by atoms with E-state index in [0.717, 1.165) is 11.1 Å². The largest absolute Gasteiger partial charge is 0.482 e. The molecule has 0 aromatic heterocycles. The number of hydrogen-bond acceptors (Lipinski definition) is 5. The molecule has 2 aromatic rings. The van der Waals surface area contributed by atoms with E-state index in [9.17, 15) is 14.4 Å². The zero-order valence-corrected chi connectivity index (χ0v) is 15.4. The highest BCUT2D eigenvalue weighted by molar-refractivity contribution is 5.95. The first-order valence-corrected chi connectivity index (χ1v) is 8.41. The first-order chi connectivity index (χ1) is 12.9. The third-order valence-corrected chi connectivity index (χ3v) is 3.69. The van der Waals surface area contributed by atoms with Crippen molar-refractivity contribution in [2.45, 2.75) is 26.9 Å². The molecule has 27 heavy (non-hydrogen) atoms. The van der Waals surface area contributed by atoms with Gasteiger partial charge in [-0.25, -0.2) is 4.79 Å². The van der Waals surface area contributed by atoms with Crippen LogP contribution < -0.4 is 15.6 Å². The van der Waals surface area contributed by atoms with Crippen LogP contribution in [0.4, 0.5) is 0 Å². The second-order valence-electron chi connectivity index (χ2n) is 6.00. The maximum atomic E-state index is 11.9. The van der Waals surface area contributed by atoms with Crippen molar-refractivity contribution < 1.29 is 23.9 Å². The van der Waals surface area contributed by atoms with Crippen molar-refractivity contribution in [3.05, 3.63) is 65.2 Å². The minimum Gasteiger partial charge on any atom is -0.482 e. The number of carbonyl (C=O) groups excluding carboxylic acids is 3. The zero-order valence-electron chi connectivity index (χ0n) is 15.4. The van der Waals surface area contributed by atoms with E-state index in [2.05, 4.69) is 10.9 Å². The van der Waals surface area contributed by atoms with Crippen LogP contribution in [0.5, 0.6) is 5.75 Å². The monoisotopic (exact) mass is 370 g/mol. The van der Waals surface area contributed by atoms with Crippen molar-refractivity contribution in [3.8, 4) is 5.75 Å². The Kier molecular flexibility index (Phi) is 6.93. The molecule has 0 radical (unpaired) electrons. The Morgan fingerprint density at radius 2 is 1.70 bits per heavy atom. The summed E-state index contributed by atoms with van der Waals surface area (Å²) in [5.41, 5.74) is 6.86. The second kappa shape index (κ2) is 9.38. The number of esters is 1. The Morgan fingerprint density at radius 3 is 2.37 bits per heavy atom. The summed E-state index contributed by atoms with van der Waals surface area (Å²) in [6.45, 7) is 4.91. The van der Waals surface area contributed by atoms with Crippen molar-refractivity contribution in [1.82, 2.24) is 10.9 Å². The predicted octanol–water partition coefficient (Wildman–Crippen LogP) is 2.08. The molecule has 2 amide bonds. The molecule has 1 atom stereocenters. The summed E-state index contributed by atoms with van der Waals surface area (Å²) in [6.07, 6.45) is -1.09. The molecule has 7 heteroatoms. The number of aryl methyl sites for hydroxylation is 2. The smallest absolute Gasteiger partial charge is 0.344 e. The van der Waals surface area contributed by atoms with E-state index < -0.39 is 23.9 Å². The number of amides is 2. The van der Waals surface area contributed by atoms with Gasteiger partial charge in [0.1, 0.15) is 5.75 Å². The van der Waals surface area contributed by atoms with Gasteiger partial charge in [0.05, 0.1) is 0 Å². The molecule has 7 nitrogen and oxygen atoms in total. The Morgan fingerprint density at radius 1 is 1.00 bits per heavy atom. The highest BCUT2D eigenvalue weighted by atomic mass is 16.6. The van der Waals surface area contributed by atoms with Crippen LogP contribution in [0.2, 0.25) is 0 Å². The summed E-state index contributed by atoms with van der Waals surface area (Å²) in [4.78, 5) is 35.6. The van der Waals surface area contributed by atoms with Gasteiger partial charge in [0.15, 0.2) is 12.7 Å². The lowest BCUT2D eigenvalue weighted by Crippen LogP contribution is -2.47. The number of carbonyl (C=O) groups is 3. The number of benzene rings is 2. The lowest BCUT2D eigenvalue weighted by atomic mass is 10.1. The molecule has 0 bridgehead atoms. The summed E-state index contributed by atoms with van der Waals surface area (Å²) in [5.74, 6) is -1.24. The highest BCUT2D eigenvalue weighted by Gasteiger charge is 2.19. The molecule has 142 valence electrons. The van der Waals surface area contributed by atoms with Gasteiger partial charge < -0.3 is 9.47 Å². The van der Waals surface area contributed by atoms with E-state index in [1.54, 1.807) is 36.4 Å². The quantitative estimate of drug-likeness (QED) is 0.600. The van der Waals surface area contributed by atoms with E-state index in [4.69, 9.17) is 9.47 Å². The molecule has 0 heterocycles. The van der Waals surface area contributed by atoms with E-state index in [1.165, 1.54) is 6.92 Å². The fourth-order valence-corrected chi connectivity index (χ4v) is 2.26. The van der Waals surface area contributed by atoms with Crippen molar-refractivity contribution in [3.63, 3.8) is 0 Å². The van der Waals surface area contributed by atoms with Gasteiger partial charge in [-0.15, -0.1) is 0 Å². The van der Waals surface area contributed by atoms with E-state index in [0.29, 0.717) is 11.3 Å². The number of hydrogen-bond donors (Lipinski definition) is 2. The average Bonchev–Trinajstić information content (AvgIpc) is 2.65. The van der Waals surface area contributed by atoms with Gasteiger partial charge in [-0.2, -0.15) is 0 Å². The number of ether oxygens (including phenoxy) is 2. The van der Waals surface area contributed by atoms with E-state index in [1.807, 2.05) is 26.0 Å². The minimum absolute atomic E-state index is 0.322. The van der Waals surface area contributed by atoms with Crippen LogP contribution in [0.3, 0.4) is 0 Å². The molecule has 0 saturated carbocycles. The molecular weight excluding hydrogens is 348 g/mol. The first-order valence-electron chi connectivity index (χ1n) is 8.41. The highest BCUT2D eigenvalue weighted by Crippen LogP contribution is 2.18. The number of rotatable bonds is 6. The maximum absolute atomic E-state index is 11.9. The van der Waals surface area contributed by atoms with Crippen LogP contribution in [0.1, 0.15) is 28.4 Å². The van der Waals surface area contributed by atoms with Crippen molar-refractivity contribution in [2.24, 2.45) is 0 Å². The SMILES string of the molecule is Cc1ccc(OCC(=O)O[C@H](C)C(=O)NNC(=O)c2ccccc2)c(C)c1. The summed E-state index contributed by atoms with van der Waals surface area (Å²) in [7, 11) is 0. The fourth-order valence-electron chi connectivity index (χ4n) is 2.26. The van der Waals surface area contributed by atoms with Crippen molar-refractivity contribution >= 4 is 17.8 Å². The molecule has 0 fully saturated rings. The third kappa shape index (κ3) is 6.14. The van der Waals surface area contributed by atoms with Crippen molar-refractivity contribution in [1.29, 1.82) is 0 Å².